The summed E-state index contributed by atoms with van der Waals surface area (Å²) in [5.74, 6) is 1.40. The van der Waals surface area contributed by atoms with Crippen molar-refractivity contribution in [3.63, 3.8) is 0 Å². The van der Waals surface area contributed by atoms with Crippen molar-refractivity contribution in [3.8, 4) is 0 Å². The van der Waals surface area contributed by atoms with Crippen LogP contribution in [0.25, 0.3) is 0 Å². The van der Waals surface area contributed by atoms with Crippen molar-refractivity contribution < 1.29 is 8.42 Å². The number of benzene rings is 1. The summed E-state index contributed by atoms with van der Waals surface area (Å²) in [4.78, 5) is 4.23. The smallest absolute Gasteiger partial charge is 0.216 e. The molecule has 1 aromatic rings. The molecule has 0 aliphatic rings. The Morgan fingerprint density at radius 2 is 1.73 bits per heavy atom. The van der Waals surface area contributed by atoms with Gasteiger partial charge in [-0.2, -0.15) is 0 Å². The van der Waals surface area contributed by atoms with Crippen LogP contribution in [0.4, 0.5) is 0 Å². The predicted molar refractivity (Wildman–Crippen MR) is 110 cm³/mol. The van der Waals surface area contributed by atoms with E-state index in [1.54, 1.807) is 7.05 Å². The van der Waals surface area contributed by atoms with E-state index in [-0.39, 0.29) is 11.8 Å². The van der Waals surface area contributed by atoms with Gasteiger partial charge >= 0.3 is 0 Å². The first-order valence-electron chi connectivity index (χ1n) is 9.24. The van der Waals surface area contributed by atoms with Gasteiger partial charge in [-0.15, -0.1) is 0 Å². The Bertz CT molecular complexity index is 670. The molecule has 1 rings (SSSR count). The maximum Gasteiger partial charge on any atom is 0.216 e. The standard InChI is InChI=1S/C19H34N4O2S/c1-15(2)9-8-12-21-19(20-5)22-13-17-10-6-7-11-18(17)14-26(24,25)23-16(3)4/h6-7,10-11,15-16,23H,8-9,12-14H2,1-5H3,(H2,20,21,22). The molecule has 0 saturated carbocycles. The molecule has 0 aromatic heterocycles. The third kappa shape index (κ3) is 9.20. The van der Waals surface area contributed by atoms with E-state index in [0.717, 1.165) is 30.1 Å². The number of rotatable bonds is 10. The van der Waals surface area contributed by atoms with E-state index in [0.29, 0.717) is 12.5 Å². The van der Waals surface area contributed by atoms with Gasteiger partial charge in [0.25, 0.3) is 0 Å². The van der Waals surface area contributed by atoms with E-state index >= 15 is 0 Å². The summed E-state index contributed by atoms with van der Waals surface area (Å²) >= 11 is 0. The van der Waals surface area contributed by atoms with Crippen LogP contribution in [-0.2, 0) is 22.3 Å². The van der Waals surface area contributed by atoms with Gasteiger partial charge in [-0.3, -0.25) is 4.99 Å². The van der Waals surface area contributed by atoms with Crippen molar-refractivity contribution in [2.45, 2.75) is 58.9 Å². The second kappa shape index (κ2) is 11.2. The molecule has 0 radical (unpaired) electrons. The van der Waals surface area contributed by atoms with Crippen molar-refractivity contribution in [1.82, 2.24) is 15.4 Å². The Hall–Kier alpha value is -1.60. The summed E-state index contributed by atoms with van der Waals surface area (Å²) in [7, 11) is -1.61. The van der Waals surface area contributed by atoms with Crippen LogP contribution in [0.5, 0.6) is 0 Å². The third-order valence-corrected chi connectivity index (χ3v) is 5.32. The largest absolute Gasteiger partial charge is 0.356 e. The van der Waals surface area contributed by atoms with Crippen LogP contribution in [0.3, 0.4) is 0 Å². The first kappa shape index (κ1) is 22.4. The van der Waals surface area contributed by atoms with E-state index in [4.69, 9.17) is 0 Å². The van der Waals surface area contributed by atoms with Crippen LogP contribution in [0, 0.1) is 5.92 Å². The van der Waals surface area contributed by atoms with Crippen molar-refractivity contribution in [3.05, 3.63) is 35.4 Å². The minimum absolute atomic E-state index is 0.0244. The first-order valence-corrected chi connectivity index (χ1v) is 10.9. The quantitative estimate of drug-likeness (QED) is 0.330. The van der Waals surface area contributed by atoms with Gasteiger partial charge in [0.1, 0.15) is 0 Å². The lowest BCUT2D eigenvalue weighted by molar-refractivity contribution is 0.549. The van der Waals surface area contributed by atoms with Crippen LogP contribution >= 0.6 is 0 Å². The Labute approximate surface area is 158 Å². The number of guanidine groups is 1. The Morgan fingerprint density at radius 1 is 1.08 bits per heavy atom. The topological polar surface area (TPSA) is 82.6 Å². The van der Waals surface area contributed by atoms with E-state index in [1.165, 1.54) is 6.42 Å². The predicted octanol–water partition coefficient (Wildman–Crippen LogP) is 2.62. The number of hydrogen-bond donors (Lipinski definition) is 3. The minimum atomic E-state index is -3.35. The van der Waals surface area contributed by atoms with Gasteiger partial charge < -0.3 is 10.6 Å². The number of sulfonamides is 1. The summed E-state index contributed by atoms with van der Waals surface area (Å²) in [5, 5.41) is 6.56. The SMILES string of the molecule is CN=C(NCCCC(C)C)NCc1ccccc1CS(=O)(=O)NC(C)C. The molecule has 0 heterocycles. The van der Waals surface area contributed by atoms with Crippen LogP contribution in [0.1, 0.15) is 51.7 Å². The molecule has 0 atom stereocenters. The zero-order chi connectivity index (χ0) is 19.6. The maximum absolute atomic E-state index is 12.2. The Morgan fingerprint density at radius 3 is 2.31 bits per heavy atom. The number of nitrogens with one attached hydrogen (secondary N) is 3. The minimum Gasteiger partial charge on any atom is -0.356 e. The summed E-state index contributed by atoms with van der Waals surface area (Å²) in [6, 6.07) is 7.47. The molecule has 148 valence electrons. The van der Waals surface area contributed by atoms with Crippen molar-refractivity contribution in [1.29, 1.82) is 0 Å². The van der Waals surface area contributed by atoms with Crippen molar-refractivity contribution >= 4 is 16.0 Å². The molecule has 0 aliphatic carbocycles. The second-order valence-corrected chi connectivity index (χ2v) is 8.94. The normalized spacial score (nSPS) is 12.7. The molecule has 7 heteroatoms. The highest BCUT2D eigenvalue weighted by Gasteiger charge is 2.15. The molecule has 0 aliphatic heterocycles. The van der Waals surface area contributed by atoms with Crippen LogP contribution in [0.2, 0.25) is 0 Å². The average molecular weight is 383 g/mol. The van der Waals surface area contributed by atoms with Gasteiger partial charge in [-0.05, 0) is 43.7 Å². The fraction of sp³-hybridized carbons (Fsp3) is 0.632. The monoisotopic (exact) mass is 382 g/mol. The highest BCUT2D eigenvalue weighted by atomic mass is 32.2. The first-order chi connectivity index (χ1) is 12.2. The zero-order valence-electron chi connectivity index (χ0n) is 16.7. The molecule has 6 nitrogen and oxygen atoms in total. The molecule has 1 aromatic carbocycles. The Balaban J connectivity index is 2.64. The highest BCUT2D eigenvalue weighted by Crippen LogP contribution is 2.12. The molecular weight excluding hydrogens is 348 g/mol. The summed E-state index contributed by atoms with van der Waals surface area (Å²) in [6.07, 6.45) is 2.27. The van der Waals surface area contributed by atoms with Crippen LogP contribution in [-0.4, -0.2) is 34.0 Å². The number of hydrogen-bond acceptors (Lipinski definition) is 3. The lowest BCUT2D eigenvalue weighted by Gasteiger charge is -2.15. The van der Waals surface area contributed by atoms with Crippen molar-refractivity contribution in [2.75, 3.05) is 13.6 Å². The van der Waals surface area contributed by atoms with Crippen LogP contribution < -0.4 is 15.4 Å². The Kier molecular flexibility index (Phi) is 9.65. The van der Waals surface area contributed by atoms with Gasteiger partial charge in [0, 0.05) is 26.2 Å². The molecule has 26 heavy (non-hydrogen) atoms. The molecule has 0 spiro atoms. The fourth-order valence-corrected chi connectivity index (χ4v) is 4.09. The second-order valence-electron chi connectivity index (χ2n) is 7.19. The molecule has 0 bridgehead atoms. The number of aliphatic imine (C=N–C) groups is 1. The average Bonchev–Trinajstić information content (AvgIpc) is 2.53. The van der Waals surface area contributed by atoms with Gasteiger partial charge in [-0.25, -0.2) is 13.1 Å². The summed E-state index contributed by atoms with van der Waals surface area (Å²) in [5.41, 5.74) is 1.75. The highest BCUT2D eigenvalue weighted by molar-refractivity contribution is 7.88. The van der Waals surface area contributed by atoms with Gasteiger partial charge in [0.15, 0.2) is 5.96 Å². The van der Waals surface area contributed by atoms with E-state index in [9.17, 15) is 8.42 Å². The maximum atomic E-state index is 12.2. The van der Waals surface area contributed by atoms with E-state index in [2.05, 4.69) is 34.2 Å². The molecule has 0 fully saturated rings. The number of nitrogens with zero attached hydrogens (tertiary/aromatic N) is 1. The lowest BCUT2D eigenvalue weighted by atomic mass is 10.1. The lowest BCUT2D eigenvalue weighted by Crippen LogP contribution is -2.37. The van der Waals surface area contributed by atoms with Crippen molar-refractivity contribution in [2.24, 2.45) is 10.9 Å². The molecule has 0 unspecified atom stereocenters. The third-order valence-electron chi connectivity index (χ3n) is 3.80. The van der Waals surface area contributed by atoms with Crippen LogP contribution in [0.15, 0.2) is 29.3 Å². The van der Waals surface area contributed by atoms with Gasteiger partial charge in [0.2, 0.25) is 10.0 Å². The molecule has 3 N–H and O–H groups in total. The zero-order valence-corrected chi connectivity index (χ0v) is 17.5. The fourth-order valence-electron chi connectivity index (χ4n) is 2.59. The molecular formula is C19H34N4O2S. The molecule has 0 amide bonds. The van der Waals surface area contributed by atoms with Gasteiger partial charge in [-0.1, -0.05) is 38.1 Å². The van der Waals surface area contributed by atoms with Gasteiger partial charge in [0.05, 0.1) is 5.75 Å². The van der Waals surface area contributed by atoms with E-state index in [1.807, 2.05) is 38.1 Å². The summed E-state index contributed by atoms with van der Waals surface area (Å²) in [6.45, 7) is 9.46. The van der Waals surface area contributed by atoms with E-state index < -0.39 is 10.0 Å². The summed E-state index contributed by atoms with van der Waals surface area (Å²) < 4.78 is 27.1. The molecule has 0 saturated heterocycles.